The lowest BCUT2D eigenvalue weighted by Gasteiger charge is -2.54. The van der Waals surface area contributed by atoms with E-state index in [4.69, 9.17) is 9.47 Å². The number of methoxy groups -OCH3 is 1. The van der Waals surface area contributed by atoms with E-state index in [1.807, 2.05) is 13.3 Å². The summed E-state index contributed by atoms with van der Waals surface area (Å²) >= 11 is 0. The number of nitrogens with zero attached hydrogens (tertiary/aromatic N) is 3. The molecule has 3 aliphatic rings. The van der Waals surface area contributed by atoms with Crippen molar-refractivity contribution in [1.29, 1.82) is 0 Å². The minimum absolute atomic E-state index is 0.0116. The average Bonchev–Trinajstić information content (AvgIpc) is 3.11. The van der Waals surface area contributed by atoms with E-state index in [-0.39, 0.29) is 11.1 Å². The Bertz CT molecular complexity index is 654. The molecule has 3 atom stereocenters. The first-order valence-electron chi connectivity index (χ1n) is 10.5. The highest BCUT2D eigenvalue weighted by Crippen LogP contribution is 2.47. The Morgan fingerprint density at radius 1 is 1.26 bits per heavy atom. The lowest BCUT2D eigenvalue weighted by molar-refractivity contribution is -0.0858. The smallest absolute Gasteiger partial charge is 0.325 e. The molecule has 1 aromatic rings. The Morgan fingerprint density at radius 2 is 2.11 bits per heavy atom. The molecule has 27 heavy (non-hydrogen) atoms. The molecule has 1 aromatic heterocycles. The number of aromatic amines is 1. The standard InChI is InChI=1S/C20H34N4O3/c1-26-16-20-4-2-18(23-10-12-27-13-11-23)14-17(20)3-6-22(15-20)8-9-24-7-5-21-19(24)25/h5,7,17-18H,2-4,6,8-16H2,1H3,(H,21,25)/t17?,18?,20-/m0/s1. The molecule has 152 valence electrons. The van der Waals surface area contributed by atoms with E-state index >= 15 is 0 Å². The quantitative estimate of drug-likeness (QED) is 0.801. The Balaban J connectivity index is 1.38. The van der Waals surface area contributed by atoms with Crippen LogP contribution < -0.4 is 5.69 Å². The number of morpholine rings is 1. The minimum atomic E-state index is -0.0116. The number of hydrogen-bond acceptors (Lipinski definition) is 5. The van der Waals surface area contributed by atoms with Crippen LogP contribution in [-0.2, 0) is 16.0 Å². The fourth-order valence-electron chi connectivity index (χ4n) is 5.61. The third-order valence-corrected chi connectivity index (χ3v) is 7.10. The van der Waals surface area contributed by atoms with E-state index in [9.17, 15) is 4.79 Å². The van der Waals surface area contributed by atoms with Crippen molar-refractivity contribution in [2.75, 3.05) is 59.7 Å². The molecule has 0 bridgehead atoms. The fraction of sp³-hybridized carbons (Fsp3) is 0.850. The van der Waals surface area contributed by atoms with Gasteiger partial charge in [-0.15, -0.1) is 0 Å². The van der Waals surface area contributed by atoms with Gasteiger partial charge < -0.3 is 19.4 Å². The summed E-state index contributed by atoms with van der Waals surface area (Å²) in [6, 6.07) is 0.717. The molecule has 0 aromatic carbocycles. The van der Waals surface area contributed by atoms with Gasteiger partial charge in [0.2, 0.25) is 0 Å². The predicted molar refractivity (Wildman–Crippen MR) is 104 cm³/mol. The molecule has 1 N–H and O–H groups in total. The van der Waals surface area contributed by atoms with Gasteiger partial charge in [0, 0.05) is 63.7 Å². The maximum Gasteiger partial charge on any atom is 0.325 e. The number of ether oxygens (including phenoxy) is 2. The second kappa shape index (κ2) is 8.47. The third-order valence-electron chi connectivity index (χ3n) is 7.10. The van der Waals surface area contributed by atoms with Crippen LogP contribution in [0.15, 0.2) is 17.2 Å². The lowest BCUT2D eigenvalue weighted by Crippen LogP contribution is -2.57. The normalized spacial score (nSPS) is 33.1. The first kappa shape index (κ1) is 19.2. The number of piperidine rings is 1. The highest BCUT2D eigenvalue weighted by atomic mass is 16.5. The molecule has 4 rings (SSSR count). The molecule has 2 aliphatic heterocycles. The summed E-state index contributed by atoms with van der Waals surface area (Å²) < 4.78 is 13.0. The van der Waals surface area contributed by atoms with Gasteiger partial charge in [-0.25, -0.2) is 4.79 Å². The summed E-state index contributed by atoms with van der Waals surface area (Å²) in [5, 5.41) is 0. The maximum absolute atomic E-state index is 11.7. The van der Waals surface area contributed by atoms with E-state index in [0.717, 1.165) is 65.0 Å². The van der Waals surface area contributed by atoms with Crippen molar-refractivity contribution < 1.29 is 9.47 Å². The zero-order chi connectivity index (χ0) is 18.7. The van der Waals surface area contributed by atoms with Crippen LogP contribution in [0.2, 0.25) is 0 Å². The number of rotatable bonds is 6. The summed E-state index contributed by atoms with van der Waals surface area (Å²) in [6.07, 6.45) is 8.61. The van der Waals surface area contributed by atoms with Crippen molar-refractivity contribution >= 4 is 0 Å². The first-order valence-corrected chi connectivity index (χ1v) is 10.5. The van der Waals surface area contributed by atoms with Gasteiger partial charge in [0.15, 0.2) is 0 Å². The number of H-pyrrole nitrogens is 1. The van der Waals surface area contributed by atoms with Crippen molar-refractivity contribution in [3.8, 4) is 0 Å². The molecule has 3 heterocycles. The SMILES string of the molecule is COC[C@@]12CCC(N3CCOCC3)CC1CCN(CCn1cc[nH]c1=O)C2. The van der Waals surface area contributed by atoms with Gasteiger partial charge in [0.25, 0.3) is 0 Å². The first-order chi connectivity index (χ1) is 13.2. The summed E-state index contributed by atoms with van der Waals surface area (Å²) in [7, 11) is 1.85. The van der Waals surface area contributed by atoms with Gasteiger partial charge >= 0.3 is 5.69 Å². The van der Waals surface area contributed by atoms with Crippen LogP contribution in [-0.4, -0.2) is 85.0 Å². The summed E-state index contributed by atoms with van der Waals surface area (Å²) in [5.74, 6) is 0.741. The largest absolute Gasteiger partial charge is 0.384 e. The Labute approximate surface area is 161 Å². The summed E-state index contributed by atoms with van der Waals surface area (Å²) in [6.45, 7) is 8.72. The Hall–Kier alpha value is -1.15. The molecule has 0 amide bonds. The van der Waals surface area contributed by atoms with Crippen LogP contribution in [0.5, 0.6) is 0 Å². The number of aromatic nitrogens is 2. The lowest BCUT2D eigenvalue weighted by atomic mass is 9.62. The van der Waals surface area contributed by atoms with Gasteiger partial charge in [-0.1, -0.05) is 0 Å². The number of likely N-dealkylation sites (tertiary alicyclic amines) is 1. The second-order valence-electron chi connectivity index (χ2n) is 8.59. The molecule has 0 radical (unpaired) electrons. The van der Waals surface area contributed by atoms with Crippen molar-refractivity contribution in [3.63, 3.8) is 0 Å². The van der Waals surface area contributed by atoms with Crippen LogP contribution in [0.3, 0.4) is 0 Å². The van der Waals surface area contributed by atoms with Gasteiger partial charge in [-0.05, 0) is 38.1 Å². The summed E-state index contributed by atoms with van der Waals surface area (Å²) in [5.41, 5.74) is 0.265. The van der Waals surface area contributed by atoms with E-state index in [0.29, 0.717) is 6.04 Å². The van der Waals surface area contributed by atoms with Gasteiger partial charge in [0.05, 0.1) is 19.8 Å². The summed E-state index contributed by atoms with van der Waals surface area (Å²) in [4.78, 5) is 19.7. The van der Waals surface area contributed by atoms with Crippen LogP contribution in [0.1, 0.15) is 25.7 Å². The zero-order valence-electron chi connectivity index (χ0n) is 16.6. The number of hydrogen-bond donors (Lipinski definition) is 1. The van der Waals surface area contributed by atoms with E-state index in [1.54, 1.807) is 10.8 Å². The average molecular weight is 379 g/mol. The molecular weight excluding hydrogens is 344 g/mol. The van der Waals surface area contributed by atoms with E-state index < -0.39 is 0 Å². The molecule has 2 unspecified atom stereocenters. The maximum atomic E-state index is 11.7. The topological polar surface area (TPSA) is 62.7 Å². The monoisotopic (exact) mass is 378 g/mol. The van der Waals surface area contributed by atoms with Crippen LogP contribution in [0.25, 0.3) is 0 Å². The predicted octanol–water partition coefficient (Wildman–Crippen LogP) is 1.02. The fourth-order valence-corrected chi connectivity index (χ4v) is 5.61. The molecule has 2 saturated heterocycles. The minimum Gasteiger partial charge on any atom is -0.384 e. The Kier molecular flexibility index (Phi) is 6.02. The van der Waals surface area contributed by atoms with Gasteiger partial charge in [-0.3, -0.25) is 9.47 Å². The van der Waals surface area contributed by atoms with Crippen molar-refractivity contribution in [2.45, 2.75) is 38.3 Å². The van der Waals surface area contributed by atoms with Gasteiger partial charge in [-0.2, -0.15) is 0 Å². The third kappa shape index (κ3) is 4.16. The number of fused-ring (bicyclic) bond motifs is 1. The molecule has 1 saturated carbocycles. The van der Waals surface area contributed by atoms with Crippen molar-refractivity contribution in [2.24, 2.45) is 11.3 Å². The van der Waals surface area contributed by atoms with Crippen molar-refractivity contribution in [3.05, 3.63) is 22.9 Å². The highest BCUT2D eigenvalue weighted by Gasteiger charge is 2.47. The molecular formula is C20H34N4O3. The molecule has 3 fully saturated rings. The van der Waals surface area contributed by atoms with Gasteiger partial charge in [0.1, 0.15) is 0 Å². The molecule has 7 heteroatoms. The number of nitrogens with one attached hydrogen (secondary N) is 1. The highest BCUT2D eigenvalue weighted by molar-refractivity contribution is 5.00. The van der Waals surface area contributed by atoms with Crippen LogP contribution in [0.4, 0.5) is 0 Å². The van der Waals surface area contributed by atoms with E-state index in [2.05, 4.69) is 14.8 Å². The molecule has 0 spiro atoms. The zero-order valence-corrected chi connectivity index (χ0v) is 16.6. The van der Waals surface area contributed by atoms with Crippen LogP contribution >= 0.6 is 0 Å². The van der Waals surface area contributed by atoms with Crippen molar-refractivity contribution in [1.82, 2.24) is 19.4 Å². The Morgan fingerprint density at radius 3 is 2.85 bits per heavy atom. The van der Waals surface area contributed by atoms with E-state index in [1.165, 1.54) is 25.7 Å². The number of imidazole rings is 1. The molecule has 7 nitrogen and oxygen atoms in total. The van der Waals surface area contributed by atoms with Crippen LogP contribution in [0, 0.1) is 11.3 Å². The second-order valence-corrected chi connectivity index (χ2v) is 8.59. The molecule has 1 aliphatic carbocycles.